The van der Waals surface area contributed by atoms with Crippen LogP contribution in [0.2, 0.25) is 0 Å². The number of hydrogen-bond acceptors (Lipinski definition) is 3. The fraction of sp³-hybridized carbons (Fsp3) is 0. The predicted octanol–water partition coefficient (Wildman–Crippen LogP) is 3.51. The lowest BCUT2D eigenvalue weighted by Gasteiger charge is -1.94. The number of rotatable bonds is 2. The number of nitrogens with zero attached hydrogens (tertiary/aromatic N) is 1. The van der Waals surface area contributed by atoms with Crippen LogP contribution in [0, 0.1) is 23.7 Å². The molecule has 0 fully saturated rings. The van der Waals surface area contributed by atoms with E-state index in [9.17, 15) is 9.59 Å². The average Bonchev–Trinajstić information content (AvgIpc) is 2.72. The maximum Gasteiger partial charge on any atom is 0.150 e. The van der Waals surface area contributed by atoms with Gasteiger partial charge in [-0.2, -0.15) is 0 Å². The van der Waals surface area contributed by atoms with Gasteiger partial charge in [0, 0.05) is 22.3 Å². The van der Waals surface area contributed by atoms with Gasteiger partial charge in [0.05, 0.1) is 0 Å². The molecule has 2 aromatic carbocycles. The molecule has 3 aromatic rings. The number of hydrogen-bond donors (Lipinski definition) is 0. The summed E-state index contributed by atoms with van der Waals surface area (Å²) in [4.78, 5) is 25.7. The third-order valence-corrected chi connectivity index (χ3v) is 3.51. The molecule has 0 saturated carbocycles. The van der Waals surface area contributed by atoms with Gasteiger partial charge in [0.2, 0.25) is 0 Å². The molecule has 0 amide bonds. The lowest BCUT2D eigenvalue weighted by molar-refractivity contribution is 0.111. The van der Waals surface area contributed by atoms with Gasteiger partial charge < -0.3 is 0 Å². The van der Waals surface area contributed by atoms with Gasteiger partial charge in [-0.15, -0.1) is 0 Å². The normalized spacial score (nSPS) is 9.23. The van der Waals surface area contributed by atoms with E-state index >= 15 is 0 Å². The van der Waals surface area contributed by atoms with Crippen molar-refractivity contribution in [1.29, 1.82) is 0 Å². The van der Waals surface area contributed by atoms with E-state index in [4.69, 9.17) is 0 Å². The minimum absolute atomic E-state index is 0.618. The van der Waals surface area contributed by atoms with Gasteiger partial charge in [-0.25, -0.2) is 4.98 Å². The Morgan fingerprint density at radius 3 is 1.38 bits per heavy atom. The molecule has 0 radical (unpaired) electrons. The van der Waals surface area contributed by atoms with Gasteiger partial charge in [-0.3, -0.25) is 9.59 Å². The molecule has 0 saturated heterocycles. The Morgan fingerprint density at radius 1 is 0.577 bits per heavy atom. The molecule has 26 heavy (non-hydrogen) atoms. The number of aromatic nitrogens is 1. The average molecular weight is 335 g/mol. The quantitative estimate of drug-likeness (QED) is 0.532. The van der Waals surface area contributed by atoms with Crippen LogP contribution in [0.25, 0.3) is 0 Å². The molecule has 3 heteroatoms. The Hall–Kier alpha value is -3.95. The number of carbonyl (C=O) groups is 2. The van der Waals surface area contributed by atoms with E-state index < -0.39 is 0 Å². The fourth-order valence-electron chi connectivity index (χ4n) is 2.14. The molecule has 0 N–H and O–H groups in total. The van der Waals surface area contributed by atoms with E-state index in [-0.39, 0.29) is 0 Å². The molecule has 0 bridgehead atoms. The van der Waals surface area contributed by atoms with Crippen LogP contribution in [0.15, 0.2) is 66.7 Å². The zero-order valence-electron chi connectivity index (χ0n) is 13.8. The Kier molecular flexibility index (Phi) is 5.35. The molecule has 0 atom stereocenters. The topological polar surface area (TPSA) is 47.0 Å². The van der Waals surface area contributed by atoms with Crippen LogP contribution in [0.3, 0.4) is 0 Å². The van der Waals surface area contributed by atoms with Crippen LogP contribution in [-0.4, -0.2) is 17.6 Å². The minimum atomic E-state index is 0.618. The summed E-state index contributed by atoms with van der Waals surface area (Å²) in [6.45, 7) is 0. The number of pyridine rings is 1. The van der Waals surface area contributed by atoms with Gasteiger partial charge >= 0.3 is 0 Å². The molecule has 0 aliphatic rings. The second-order valence-electron chi connectivity index (χ2n) is 5.39. The van der Waals surface area contributed by atoms with Crippen molar-refractivity contribution in [2.75, 3.05) is 0 Å². The zero-order valence-corrected chi connectivity index (χ0v) is 13.8. The summed E-state index contributed by atoms with van der Waals surface area (Å²) >= 11 is 0. The lowest BCUT2D eigenvalue weighted by atomic mass is 10.1. The molecule has 3 rings (SSSR count). The first-order valence-electron chi connectivity index (χ1n) is 7.88. The zero-order chi connectivity index (χ0) is 18.2. The molecule has 0 unspecified atom stereocenters. The van der Waals surface area contributed by atoms with Crippen LogP contribution in [0.4, 0.5) is 0 Å². The maximum absolute atomic E-state index is 10.7. The summed E-state index contributed by atoms with van der Waals surface area (Å²) in [6.07, 6.45) is 1.60. The SMILES string of the molecule is O=Cc1ccc(C#Cc2cccc(C#Cc3ccc(C=O)cc3)n2)cc1. The third kappa shape index (κ3) is 4.54. The van der Waals surface area contributed by atoms with Crippen LogP contribution in [0.5, 0.6) is 0 Å². The highest BCUT2D eigenvalue weighted by atomic mass is 16.1. The van der Waals surface area contributed by atoms with E-state index in [0.29, 0.717) is 22.5 Å². The first kappa shape index (κ1) is 16.9. The molecule has 0 aliphatic heterocycles. The highest BCUT2D eigenvalue weighted by Gasteiger charge is 1.94. The van der Waals surface area contributed by atoms with Crippen LogP contribution < -0.4 is 0 Å². The largest absolute Gasteiger partial charge is 0.298 e. The van der Waals surface area contributed by atoms with Gasteiger partial charge in [0.1, 0.15) is 24.0 Å². The molecule has 0 aliphatic carbocycles. The molecule has 3 nitrogen and oxygen atoms in total. The van der Waals surface area contributed by atoms with Crippen molar-refractivity contribution in [3.8, 4) is 23.7 Å². The number of benzene rings is 2. The predicted molar refractivity (Wildman–Crippen MR) is 99.9 cm³/mol. The van der Waals surface area contributed by atoms with Gasteiger partial charge in [-0.1, -0.05) is 42.2 Å². The van der Waals surface area contributed by atoms with Gasteiger partial charge in [0.15, 0.2) is 0 Å². The number of carbonyl (C=O) groups excluding carboxylic acids is 2. The Labute approximate surface area is 151 Å². The summed E-state index contributed by atoms with van der Waals surface area (Å²) in [7, 11) is 0. The molecule has 1 heterocycles. The second-order valence-corrected chi connectivity index (χ2v) is 5.39. The van der Waals surface area contributed by atoms with E-state index in [1.54, 1.807) is 48.5 Å². The van der Waals surface area contributed by atoms with Crippen molar-refractivity contribution in [2.24, 2.45) is 0 Å². The molecular weight excluding hydrogens is 322 g/mol. The van der Waals surface area contributed by atoms with Crippen molar-refractivity contribution >= 4 is 12.6 Å². The van der Waals surface area contributed by atoms with Crippen molar-refractivity contribution in [3.63, 3.8) is 0 Å². The monoisotopic (exact) mass is 335 g/mol. The summed E-state index contributed by atoms with van der Waals surface area (Å²) < 4.78 is 0. The maximum atomic E-state index is 10.7. The minimum Gasteiger partial charge on any atom is -0.298 e. The molecule has 0 spiro atoms. The first-order chi connectivity index (χ1) is 12.8. The first-order valence-corrected chi connectivity index (χ1v) is 7.88. The number of aldehydes is 2. The summed E-state index contributed by atoms with van der Waals surface area (Å²) in [5, 5.41) is 0. The van der Waals surface area contributed by atoms with Crippen molar-refractivity contribution < 1.29 is 9.59 Å². The van der Waals surface area contributed by atoms with Crippen molar-refractivity contribution in [3.05, 3.63) is 100 Å². The van der Waals surface area contributed by atoms with E-state index in [1.165, 1.54) is 0 Å². The van der Waals surface area contributed by atoms with Crippen LogP contribution in [-0.2, 0) is 0 Å². The van der Waals surface area contributed by atoms with Crippen molar-refractivity contribution in [1.82, 2.24) is 4.98 Å². The summed E-state index contributed by atoms with van der Waals surface area (Å²) in [5.74, 6) is 12.0. The van der Waals surface area contributed by atoms with Gasteiger partial charge in [-0.05, 0) is 48.2 Å². The van der Waals surface area contributed by atoms with Gasteiger partial charge in [0.25, 0.3) is 0 Å². The highest BCUT2D eigenvalue weighted by Crippen LogP contribution is 2.03. The van der Waals surface area contributed by atoms with E-state index in [0.717, 1.165) is 23.7 Å². The Balaban J connectivity index is 1.78. The highest BCUT2D eigenvalue weighted by molar-refractivity contribution is 5.75. The Morgan fingerprint density at radius 2 is 1.00 bits per heavy atom. The smallest absolute Gasteiger partial charge is 0.150 e. The molecule has 122 valence electrons. The van der Waals surface area contributed by atoms with Crippen molar-refractivity contribution in [2.45, 2.75) is 0 Å². The van der Waals surface area contributed by atoms with E-state index in [1.807, 2.05) is 18.2 Å². The van der Waals surface area contributed by atoms with E-state index in [2.05, 4.69) is 28.7 Å². The summed E-state index contributed by atoms with van der Waals surface area (Å²) in [6, 6.07) is 19.6. The lowest BCUT2D eigenvalue weighted by Crippen LogP contribution is -1.87. The molecule has 1 aromatic heterocycles. The van der Waals surface area contributed by atoms with Crippen LogP contribution in [0.1, 0.15) is 43.2 Å². The Bertz CT molecular complexity index is 973. The summed E-state index contributed by atoms with van der Waals surface area (Å²) in [5.41, 5.74) is 4.09. The molecular formula is C23H13NO2. The fourth-order valence-corrected chi connectivity index (χ4v) is 2.14. The second kappa shape index (κ2) is 8.24. The standard InChI is InChI=1S/C23H13NO2/c25-16-20-8-4-18(5-9-20)12-14-22-2-1-3-23(24-22)15-13-19-6-10-21(17-26)11-7-19/h1-11,16-17H. The third-order valence-electron chi connectivity index (χ3n) is 3.51. The van der Waals surface area contributed by atoms with Crippen LogP contribution >= 0.6 is 0 Å².